The number of hydrogen-bond donors (Lipinski definition) is 2. The van der Waals surface area contributed by atoms with Crippen LogP contribution in [0.1, 0.15) is 72.1 Å². The van der Waals surface area contributed by atoms with Gasteiger partial charge in [0.05, 0.1) is 7.11 Å². The highest BCUT2D eigenvalue weighted by atomic mass is 16.6. The van der Waals surface area contributed by atoms with Gasteiger partial charge < -0.3 is 20.1 Å². The molecular weight excluding hydrogens is 324 g/mol. The molecule has 1 aliphatic carbocycles. The number of ether oxygens (including phenoxy) is 2. The maximum absolute atomic E-state index is 12.5. The summed E-state index contributed by atoms with van der Waals surface area (Å²) in [7, 11) is 1.35. The normalized spacial score (nSPS) is 16.2. The first-order chi connectivity index (χ1) is 11.7. The molecule has 0 radical (unpaired) electrons. The largest absolute Gasteiger partial charge is 0.469 e. The van der Waals surface area contributed by atoms with Crippen LogP contribution in [0.15, 0.2) is 0 Å². The van der Waals surface area contributed by atoms with E-state index in [1.807, 2.05) is 0 Å². The van der Waals surface area contributed by atoms with Crippen LogP contribution in [-0.2, 0) is 19.1 Å². The SMILES string of the molecule is COC(=O)CCCC[C@H](NC(=O)OC(C)(C)C)C(=O)NC1CCCC1. The van der Waals surface area contributed by atoms with Gasteiger partial charge >= 0.3 is 12.1 Å². The summed E-state index contributed by atoms with van der Waals surface area (Å²) in [6.07, 6.45) is 5.59. The highest BCUT2D eigenvalue weighted by Gasteiger charge is 2.26. The van der Waals surface area contributed by atoms with Crippen LogP contribution in [0, 0.1) is 0 Å². The monoisotopic (exact) mass is 356 g/mol. The van der Waals surface area contributed by atoms with Gasteiger partial charge in [-0.2, -0.15) is 0 Å². The minimum absolute atomic E-state index is 0.184. The van der Waals surface area contributed by atoms with Crippen molar-refractivity contribution >= 4 is 18.0 Å². The van der Waals surface area contributed by atoms with Crippen molar-refractivity contribution < 1.29 is 23.9 Å². The summed E-state index contributed by atoms with van der Waals surface area (Å²) in [5, 5.41) is 5.67. The molecule has 0 spiro atoms. The van der Waals surface area contributed by atoms with Gasteiger partial charge in [0.15, 0.2) is 0 Å². The van der Waals surface area contributed by atoms with Crippen molar-refractivity contribution in [2.24, 2.45) is 0 Å². The van der Waals surface area contributed by atoms with E-state index < -0.39 is 17.7 Å². The standard InChI is InChI=1S/C18H32N2O5/c1-18(2,3)25-17(23)20-14(11-7-8-12-15(21)24-4)16(22)19-13-9-5-6-10-13/h13-14H,5-12H2,1-4H3,(H,19,22)(H,20,23)/t14-/m0/s1. The molecule has 0 bridgehead atoms. The molecule has 0 aromatic heterocycles. The Labute approximate surface area is 150 Å². The molecule has 0 saturated heterocycles. The average molecular weight is 356 g/mol. The third kappa shape index (κ3) is 9.31. The summed E-state index contributed by atoms with van der Waals surface area (Å²) in [6, 6.07) is -0.474. The second kappa shape index (κ2) is 10.3. The van der Waals surface area contributed by atoms with Crippen molar-refractivity contribution in [3.63, 3.8) is 0 Å². The van der Waals surface area contributed by atoms with Crippen LogP contribution in [0.5, 0.6) is 0 Å². The molecule has 0 aliphatic heterocycles. The highest BCUT2D eigenvalue weighted by Crippen LogP contribution is 2.18. The summed E-state index contributed by atoms with van der Waals surface area (Å²) < 4.78 is 9.85. The van der Waals surface area contributed by atoms with E-state index >= 15 is 0 Å². The summed E-state index contributed by atoms with van der Waals surface area (Å²) >= 11 is 0. The lowest BCUT2D eigenvalue weighted by Gasteiger charge is -2.24. The minimum Gasteiger partial charge on any atom is -0.469 e. The van der Waals surface area contributed by atoms with E-state index in [-0.39, 0.29) is 17.9 Å². The molecular formula is C18H32N2O5. The molecule has 1 fully saturated rings. The molecule has 1 saturated carbocycles. The number of carbonyl (C=O) groups is 3. The van der Waals surface area contributed by atoms with Gasteiger partial charge in [-0.3, -0.25) is 9.59 Å². The predicted molar refractivity (Wildman–Crippen MR) is 94.0 cm³/mol. The Morgan fingerprint density at radius 1 is 1.12 bits per heavy atom. The number of methoxy groups -OCH3 is 1. The first-order valence-electron chi connectivity index (χ1n) is 9.08. The van der Waals surface area contributed by atoms with E-state index in [0.29, 0.717) is 25.7 Å². The molecule has 144 valence electrons. The smallest absolute Gasteiger partial charge is 0.408 e. The number of rotatable bonds is 8. The first kappa shape index (κ1) is 21.3. The van der Waals surface area contributed by atoms with Crippen molar-refractivity contribution in [1.29, 1.82) is 0 Å². The summed E-state index contributed by atoms with van der Waals surface area (Å²) in [4.78, 5) is 35.7. The molecule has 0 aromatic carbocycles. The Hall–Kier alpha value is -1.79. The van der Waals surface area contributed by atoms with Crippen molar-refractivity contribution in [2.45, 2.75) is 89.8 Å². The van der Waals surface area contributed by atoms with Crippen LogP contribution < -0.4 is 10.6 Å². The molecule has 7 nitrogen and oxygen atoms in total. The van der Waals surface area contributed by atoms with Crippen molar-refractivity contribution in [2.75, 3.05) is 7.11 Å². The maximum atomic E-state index is 12.5. The number of esters is 1. The number of alkyl carbamates (subject to hydrolysis) is 1. The van der Waals surface area contributed by atoms with Gasteiger partial charge in [-0.05, 0) is 46.5 Å². The van der Waals surface area contributed by atoms with Gasteiger partial charge in [0.2, 0.25) is 5.91 Å². The van der Waals surface area contributed by atoms with Crippen LogP contribution >= 0.6 is 0 Å². The highest BCUT2D eigenvalue weighted by molar-refractivity contribution is 5.85. The fourth-order valence-electron chi connectivity index (χ4n) is 2.81. The van der Waals surface area contributed by atoms with Gasteiger partial charge in [-0.25, -0.2) is 4.79 Å². The quantitative estimate of drug-likeness (QED) is 0.515. The lowest BCUT2D eigenvalue weighted by atomic mass is 10.1. The Bertz CT molecular complexity index is 453. The second-order valence-corrected chi connectivity index (χ2v) is 7.51. The van der Waals surface area contributed by atoms with E-state index in [4.69, 9.17) is 4.74 Å². The zero-order chi connectivity index (χ0) is 18.9. The van der Waals surface area contributed by atoms with Crippen molar-refractivity contribution in [3.05, 3.63) is 0 Å². The fraction of sp³-hybridized carbons (Fsp3) is 0.833. The maximum Gasteiger partial charge on any atom is 0.408 e. The van der Waals surface area contributed by atoms with Crippen molar-refractivity contribution in [1.82, 2.24) is 10.6 Å². The molecule has 1 aliphatic rings. The van der Waals surface area contributed by atoms with Crippen LogP contribution in [0.2, 0.25) is 0 Å². The Morgan fingerprint density at radius 3 is 2.32 bits per heavy atom. The molecule has 2 amide bonds. The van der Waals surface area contributed by atoms with Crippen molar-refractivity contribution in [3.8, 4) is 0 Å². The summed E-state index contributed by atoms with van der Waals surface area (Å²) in [6.45, 7) is 5.32. The van der Waals surface area contributed by atoms with Gasteiger partial charge in [-0.1, -0.05) is 19.3 Å². The molecule has 0 unspecified atom stereocenters. The number of carbonyl (C=O) groups excluding carboxylic acids is 3. The Morgan fingerprint density at radius 2 is 1.76 bits per heavy atom. The average Bonchev–Trinajstić information content (AvgIpc) is 3.00. The lowest BCUT2D eigenvalue weighted by molar-refractivity contribution is -0.140. The summed E-state index contributed by atoms with van der Waals surface area (Å²) in [5.41, 5.74) is -0.624. The third-order valence-corrected chi connectivity index (χ3v) is 4.06. The lowest BCUT2D eigenvalue weighted by Crippen LogP contribution is -2.50. The van der Waals surface area contributed by atoms with Gasteiger partial charge in [-0.15, -0.1) is 0 Å². The Kier molecular flexibility index (Phi) is 8.72. The minimum atomic E-state index is -0.659. The van der Waals surface area contributed by atoms with Crippen LogP contribution in [0.25, 0.3) is 0 Å². The molecule has 7 heteroatoms. The van der Waals surface area contributed by atoms with E-state index in [2.05, 4.69) is 15.4 Å². The number of nitrogens with one attached hydrogen (secondary N) is 2. The third-order valence-electron chi connectivity index (χ3n) is 4.06. The van der Waals surface area contributed by atoms with Gasteiger partial charge in [0, 0.05) is 12.5 Å². The van der Waals surface area contributed by atoms with E-state index in [9.17, 15) is 14.4 Å². The molecule has 2 N–H and O–H groups in total. The molecule has 25 heavy (non-hydrogen) atoms. The predicted octanol–water partition coefficient (Wildman–Crippen LogP) is 2.67. The Balaban J connectivity index is 2.53. The topological polar surface area (TPSA) is 93.7 Å². The number of unbranched alkanes of at least 4 members (excludes halogenated alkanes) is 1. The van der Waals surface area contributed by atoms with Crippen LogP contribution in [0.3, 0.4) is 0 Å². The fourth-order valence-corrected chi connectivity index (χ4v) is 2.81. The number of hydrogen-bond acceptors (Lipinski definition) is 5. The van der Waals surface area contributed by atoms with E-state index in [1.54, 1.807) is 20.8 Å². The van der Waals surface area contributed by atoms with Crippen LogP contribution in [0.4, 0.5) is 4.79 Å². The van der Waals surface area contributed by atoms with Gasteiger partial charge in [0.25, 0.3) is 0 Å². The first-order valence-corrected chi connectivity index (χ1v) is 9.08. The molecule has 1 atom stereocenters. The molecule has 0 aromatic rings. The molecule has 1 rings (SSSR count). The van der Waals surface area contributed by atoms with Crippen LogP contribution in [-0.4, -0.2) is 42.8 Å². The second-order valence-electron chi connectivity index (χ2n) is 7.51. The summed E-state index contributed by atoms with van der Waals surface area (Å²) in [5.74, 6) is -0.456. The number of amides is 2. The zero-order valence-electron chi connectivity index (χ0n) is 15.9. The molecule has 0 heterocycles. The zero-order valence-corrected chi connectivity index (χ0v) is 15.9. The van der Waals surface area contributed by atoms with E-state index in [1.165, 1.54) is 7.11 Å². The van der Waals surface area contributed by atoms with E-state index in [0.717, 1.165) is 25.7 Å². The van der Waals surface area contributed by atoms with Gasteiger partial charge in [0.1, 0.15) is 11.6 Å².